The summed E-state index contributed by atoms with van der Waals surface area (Å²) in [6.45, 7) is 0. The Morgan fingerprint density at radius 3 is 2.16 bits per heavy atom. The van der Waals surface area contributed by atoms with Crippen LogP contribution in [0.25, 0.3) is 16.9 Å². The molecule has 0 unspecified atom stereocenters. The largest absolute Gasteiger partial charge is 0.465 e. The SMILES string of the molecule is COC(=O)c1c(-c2c(F)ccc(C(F)(F)F)c2Br)nn(-c2ccccc2)c1C(=O)OC. The quantitative estimate of drug-likeness (QED) is 0.371. The van der Waals surface area contributed by atoms with Crippen molar-refractivity contribution in [3.8, 4) is 16.9 Å². The van der Waals surface area contributed by atoms with Crippen molar-refractivity contribution in [2.75, 3.05) is 14.2 Å². The van der Waals surface area contributed by atoms with E-state index in [2.05, 4.69) is 21.0 Å². The van der Waals surface area contributed by atoms with E-state index in [0.29, 0.717) is 12.1 Å². The van der Waals surface area contributed by atoms with Gasteiger partial charge in [0, 0.05) is 4.47 Å². The third-order valence-corrected chi connectivity index (χ3v) is 5.11. The topological polar surface area (TPSA) is 70.4 Å². The highest BCUT2D eigenvalue weighted by atomic mass is 79.9. The van der Waals surface area contributed by atoms with Crippen LogP contribution in [-0.2, 0) is 15.7 Å². The van der Waals surface area contributed by atoms with Crippen molar-refractivity contribution in [3.05, 3.63) is 69.6 Å². The maximum atomic E-state index is 14.8. The fraction of sp³-hybridized carbons (Fsp3) is 0.150. The number of alkyl halides is 3. The lowest BCUT2D eigenvalue weighted by molar-refractivity contribution is -0.138. The Bertz CT molecular complexity index is 1160. The van der Waals surface area contributed by atoms with Gasteiger partial charge in [-0.25, -0.2) is 18.7 Å². The number of methoxy groups -OCH3 is 2. The van der Waals surface area contributed by atoms with Crippen LogP contribution in [0.2, 0.25) is 0 Å². The van der Waals surface area contributed by atoms with Crippen molar-refractivity contribution in [1.82, 2.24) is 9.78 Å². The minimum atomic E-state index is -4.82. The van der Waals surface area contributed by atoms with E-state index >= 15 is 0 Å². The van der Waals surface area contributed by atoms with Gasteiger partial charge in [-0.1, -0.05) is 18.2 Å². The highest BCUT2D eigenvalue weighted by Gasteiger charge is 2.38. The number of halogens is 5. The van der Waals surface area contributed by atoms with E-state index in [1.165, 1.54) is 12.1 Å². The molecule has 0 saturated heterocycles. The molecule has 0 amide bonds. The number of carbonyl (C=O) groups is 2. The molecule has 0 aliphatic carbocycles. The van der Waals surface area contributed by atoms with Crippen LogP contribution in [-0.4, -0.2) is 35.9 Å². The summed E-state index contributed by atoms with van der Waals surface area (Å²) < 4.78 is 64.7. The van der Waals surface area contributed by atoms with Gasteiger partial charge in [-0.3, -0.25) is 0 Å². The average molecular weight is 501 g/mol. The van der Waals surface area contributed by atoms with E-state index < -0.39 is 56.5 Å². The summed E-state index contributed by atoms with van der Waals surface area (Å²) >= 11 is 2.78. The molecular weight excluding hydrogens is 488 g/mol. The second-order valence-electron chi connectivity index (χ2n) is 6.08. The molecule has 11 heteroatoms. The van der Waals surface area contributed by atoms with Crippen LogP contribution in [0.3, 0.4) is 0 Å². The molecule has 0 spiro atoms. The zero-order valence-electron chi connectivity index (χ0n) is 16.0. The highest BCUT2D eigenvalue weighted by molar-refractivity contribution is 9.10. The Balaban J connectivity index is 2.46. The van der Waals surface area contributed by atoms with Crippen LogP contribution in [0.1, 0.15) is 26.4 Å². The Hall–Kier alpha value is -3.21. The lowest BCUT2D eigenvalue weighted by Crippen LogP contribution is -2.15. The van der Waals surface area contributed by atoms with Gasteiger partial charge in [0.05, 0.1) is 31.0 Å². The van der Waals surface area contributed by atoms with E-state index in [9.17, 15) is 27.2 Å². The van der Waals surface area contributed by atoms with Crippen molar-refractivity contribution in [3.63, 3.8) is 0 Å². The molecule has 0 atom stereocenters. The van der Waals surface area contributed by atoms with E-state index in [4.69, 9.17) is 9.47 Å². The smallest absolute Gasteiger partial charge is 0.417 e. The number of carbonyl (C=O) groups excluding carboxylic acids is 2. The Kier molecular flexibility index (Phi) is 6.16. The molecule has 6 nitrogen and oxygen atoms in total. The fourth-order valence-corrected chi connectivity index (χ4v) is 3.65. The summed E-state index contributed by atoms with van der Waals surface area (Å²) in [6.07, 6.45) is -4.82. The molecule has 0 bridgehead atoms. The number of esters is 2. The van der Waals surface area contributed by atoms with E-state index in [1.807, 2.05) is 0 Å². The summed E-state index contributed by atoms with van der Waals surface area (Å²) in [5.74, 6) is -3.23. The molecule has 0 fully saturated rings. The van der Waals surface area contributed by atoms with Crippen molar-refractivity contribution < 1.29 is 36.6 Å². The van der Waals surface area contributed by atoms with E-state index in [0.717, 1.165) is 18.9 Å². The number of aromatic nitrogens is 2. The van der Waals surface area contributed by atoms with Crippen LogP contribution in [0.5, 0.6) is 0 Å². The second kappa shape index (κ2) is 8.50. The van der Waals surface area contributed by atoms with Gasteiger partial charge in [0.2, 0.25) is 0 Å². The maximum absolute atomic E-state index is 14.8. The van der Waals surface area contributed by atoms with E-state index in [1.54, 1.807) is 18.2 Å². The van der Waals surface area contributed by atoms with Crippen molar-refractivity contribution in [1.29, 1.82) is 0 Å². The number of ether oxygens (including phenoxy) is 2. The van der Waals surface area contributed by atoms with Crippen LogP contribution >= 0.6 is 15.9 Å². The fourth-order valence-electron chi connectivity index (χ4n) is 2.92. The van der Waals surface area contributed by atoms with Crippen molar-refractivity contribution in [2.24, 2.45) is 0 Å². The average Bonchev–Trinajstić information content (AvgIpc) is 3.12. The number of nitrogens with zero attached hydrogens (tertiary/aromatic N) is 2. The van der Waals surface area contributed by atoms with Gasteiger partial charge in [-0.2, -0.15) is 18.3 Å². The number of benzene rings is 2. The maximum Gasteiger partial charge on any atom is 0.417 e. The van der Waals surface area contributed by atoms with Gasteiger partial charge in [-0.15, -0.1) is 0 Å². The molecule has 162 valence electrons. The van der Waals surface area contributed by atoms with Crippen molar-refractivity contribution >= 4 is 27.9 Å². The molecule has 0 aliphatic heterocycles. The Labute approximate surface area is 181 Å². The van der Waals surface area contributed by atoms with Crippen LogP contribution in [0, 0.1) is 5.82 Å². The van der Waals surface area contributed by atoms with Gasteiger partial charge in [0.1, 0.15) is 17.1 Å². The Morgan fingerprint density at radius 1 is 1.00 bits per heavy atom. The molecule has 3 aromatic rings. The molecule has 0 N–H and O–H groups in total. The first kappa shape index (κ1) is 22.5. The molecule has 0 aliphatic rings. The third-order valence-electron chi connectivity index (χ3n) is 4.29. The number of rotatable bonds is 4. The molecule has 1 aromatic heterocycles. The first-order valence-corrected chi connectivity index (χ1v) is 9.31. The summed E-state index contributed by atoms with van der Waals surface area (Å²) in [7, 11) is 2.05. The molecule has 31 heavy (non-hydrogen) atoms. The third kappa shape index (κ3) is 4.05. The molecule has 0 radical (unpaired) electrons. The zero-order valence-corrected chi connectivity index (χ0v) is 17.5. The predicted octanol–water partition coefficient (Wildman–Crippen LogP) is 5.03. The number of hydrogen-bond donors (Lipinski definition) is 0. The lowest BCUT2D eigenvalue weighted by atomic mass is 10.0. The zero-order chi connectivity index (χ0) is 22.9. The first-order valence-electron chi connectivity index (χ1n) is 8.52. The Morgan fingerprint density at radius 2 is 1.61 bits per heavy atom. The second-order valence-corrected chi connectivity index (χ2v) is 6.88. The van der Waals surface area contributed by atoms with Crippen LogP contribution in [0.4, 0.5) is 17.6 Å². The summed E-state index contributed by atoms with van der Waals surface area (Å²) in [6, 6.07) is 9.10. The lowest BCUT2D eigenvalue weighted by Gasteiger charge is -2.13. The minimum Gasteiger partial charge on any atom is -0.465 e. The molecule has 2 aromatic carbocycles. The van der Waals surface area contributed by atoms with Gasteiger partial charge in [0.15, 0.2) is 5.69 Å². The van der Waals surface area contributed by atoms with Gasteiger partial charge in [-0.05, 0) is 40.2 Å². The molecule has 1 heterocycles. The highest BCUT2D eigenvalue weighted by Crippen LogP contribution is 2.42. The van der Waals surface area contributed by atoms with Crippen LogP contribution in [0.15, 0.2) is 46.9 Å². The minimum absolute atomic E-state index is 0.280. The molecule has 3 rings (SSSR count). The van der Waals surface area contributed by atoms with E-state index in [-0.39, 0.29) is 5.69 Å². The standard InChI is InChI=1S/C20H13BrF4N2O4/c1-30-18(28)14-16(13-12(22)9-8-11(15(13)21)20(23,24)25)26-27(17(14)19(29)31-2)10-6-4-3-5-7-10/h3-9H,1-2H3. The summed E-state index contributed by atoms with van der Waals surface area (Å²) in [4.78, 5) is 25.1. The normalized spacial score (nSPS) is 11.3. The molecule has 0 saturated carbocycles. The summed E-state index contributed by atoms with van der Waals surface area (Å²) in [5.41, 5.74) is -3.06. The van der Waals surface area contributed by atoms with Crippen molar-refractivity contribution in [2.45, 2.75) is 6.18 Å². The van der Waals surface area contributed by atoms with Crippen LogP contribution < -0.4 is 0 Å². The molecular formula is C20H13BrF4N2O4. The predicted molar refractivity (Wildman–Crippen MR) is 104 cm³/mol. The summed E-state index contributed by atoms with van der Waals surface area (Å²) in [5, 5.41) is 4.11. The van der Waals surface area contributed by atoms with Gasteiger partial charge in [0.25, 0.3) is 0 Å². The monoisotopic (exact) mass is 500 g/mol. The number of hydrogen-bond acceptors (Lipinski definition) is 5. The van der Waals surface area contributed by atoms with Gasteiger partial charge < -0.3 is 9.47 Å². The van der Waals surface area contributed by atoms with Gasteiger partial charge >= 0.3 is 18.1 Å². The first-order chi connectivity index (χ1) is 14.6. The number of para-hydroxylation sites is 1.